The number of fused-ring (bicyclic) bond motifs is 1. The molecule has 1 amide bonds. The van der Waals surface area contributed by atoms with Crippen molar-refractivity contribution in [2.45, 2.75) is 25.7 Å². The summed E-state index contributed by atoms with van der Waals surface area (Å²) in [4.78, 5) is 28.6. The molecule has 30 heavy (non-hydrogen) atoms. The molecule has 1 saturated carbocycles. The number of rotatable bonds is 7. The van der Waals surface area contributed by atoms with Gasteiger partial charge in [-0.1, -0.05) is 23.7 Å². The lowest BCUT2D eigenvalue weighted by Crippen LogP contribution is -2.31. The smallest absolute Gasteiger partial charge is 0.227 e. The van der Waals surface area contributed by atoms with E-state index in [0.29, 0.717) is 21.1 Å². The molecule has 1 heterocycles. The van der Waals surface area contributed by atoms with Crippen LogP contribution in [0.2, 0.25) is 5.02 Å². The van der Waals surface area contributed by atoms with Gasteiger partial charge in [0, 0.05) is 6.42 Å². The molecule has 0 saturated heterocycles. The van der Waals surface area contributed by atoms with Crippen LogP contribution in [0.25, 0.3) is 21.3 Å². The van der Waals surface area contributed by atoms with Crippen LogP contribution in [0.3, 0.4) is 0 Å². The van der Waals surface area contributed by atoms with Gasteiger partial charge in [0.05, 0.1) is 34.2 Å². The van der Waals surface area contributed by atoms with Gasteiger partial charge >= 0.3 is 0 Å². The summed E-state index contributed by atoms with van der Waals surface area (Å²) in [5, 5.41) is 12.7. The molecule has 1 aromatic heterocycles. The molecule has 0 atom stereocenters. The molecule has 2 aromatic carbocycles. The topological polar surface area (TPSA) is 82.9 Å². The maximum absolute atomic E-state index is 13.5. The molecule has 5 nitrogen and oxygen atoms in total. The van der Waals surface area contributed by atoms with E-state index in [0.717, 1.165) is 23.1 Å². The van der Waals surface area contributed by atoms with Gasteiger partial charge in [0.1, 0.15) is 16.3 Å². The van der Waals surface area contributed by atoms with E-state index in [1.165, 1.54) is 23.5 Å². The van der Waals surface area contributed by atoms with Gasteiger partial charge in [0.2, 0.25) is 5.91 Å². The third-order valence-corrected chi connectivity index (χ3v) is 6.36. The highest BCUT2D eigenvalue weighted by Crippen LogP contribution is 2.48. The lowest BCUT2D eigenvalue weighted by atomic mass is 10.0. The summed E-state index contributed by atoms with van der Waals surface area (Å²) in [6.45, 7) is -0.0857. The average Bonchev–Trinajstić information content (AvgIpc) is 3.36. The summed E-state index contributed by atoms with van der Waals surface area (Å²) < 4.78 is 14.3. The number of nitrogens with one attached hydrogen (secondary N) is 1. The number of benzene rings is 2. The molecule has 0 unspecified atom stereocenters. The van der Waals surface area contributed by atoms with Gasteiger partial charge in [0.25, 0.3) is 0 Å². The van der Waals surface area contributed by atoms with Crippen LogP contribution in [0.15, 0.2) is 36.4 Å². The van der Waals surface area contributed by atoms with Crippen LogP contribution in [0.1, 0.15) is 24.3 Å². The van der Waals surface area contributed by atoms with Crippen LogP contribution >= 0.6 is 22.9 Å². The highest BCUT2D eigenvalue weighted by atomic mass is 35.5. The largest absolute Gasteiger partial charge is 0.349 e. The lowest BCUT2D eigenvalue weighted by Gasteiger charge is -2.06. The van der Waals surface area contributed by atoms with E-state index in [1.807, 2.05) is 6.07 Å². The number of hydrogen-bond donors (Lipinski definition) is 1. The van der Waals surface area contributed by atoms with E-state index < -0.39 is 5.41 Å². The molecule has 3 aromatic rings. The number of nitrogens with zero attached hydrogens (tertiary/aromatic N) is 2. The Balaban J connectivity index is 1.43. The van der Waals surface area contributed by atoms with Gasteiger partial charge in [-0.2, -0.15) is 5.26 Å². The maximum Gasteiger partial charge on any atom is 0.227 e. The predicted octanol–water partition coefficient (Wildman–Crippen LogP) is 4.68. The van der Waals surface area contributed by atoms with Gasteiger partial charge in [-0.15, -0.1) is 11.3 Å². The summed E-state index contributed by atoms with van der Waals surface area (Å²) in [5.74, 6) is -0.789. The number of ketones is 1. The third-order valence-electron chi connectivity index (χ3n) is 5.07. The van der Waals surface area contributed by atoms with Crippen molar-refractivity contribution in [3.05, 3.63) is 52.2 Å². The normalized spacial score (nSPS) is 14.3. The van der Waals surface area contributed by atoms with Crippen LogP contribution in [-0.2, 0) is 16.0 Å². The van der Waals surface area contributed by atoms with Gasteiger partial charge in [-0.25, -0.2) is 9.37 Å². The van der Waals surface area contributed by atoms with Crippen LogP contribution in [0, 0.1) is 22.6 Å². The van der Waals surface area contributed by atoms with Gasteiger partial charge in [-0.05, 0) is 48.2 Å². The molecule has 8 heteroatoms. The number of carbonyl (C=O) groups excluding carboxylic acids is 2. The number of carbonyl (C=O) groups is 2. The lowest BCUT2D eigenvalue weighted by molar-refractivity contribution is -0.125. The van der Waals surface area contributed by atoms with E-state index in [-0.39, 0.29) is 36.9 Å². The fourth-order valence-corrected chi connectivity index (χ4v) is 4.61. The number of halogens is 2. The molecule has 0 aliphatic heterocycles. The predicted molar refractivity (Wildman–Crippen MR) is 114 cm³/mol. The van der Waals surface area contributed by atoms with Crippen molar-refractivity contribution in [3.63, 3.8) is 0 Å². The number of thiazole rings is 1. The molecular formula is C22H17ClFN3O2S. The number of aromatic nitrogens is 1. The van der Waals surface area contributed by atoms with E-state index in [1.54, 1.807) is 18.2 Å². The van der Waals surface area contributed by atoms with Crippen molar-refractivity contribution < 1.29 is 14.0 Å². The zero-order chi connectivity index (χ0) is 21.3. The molecule has 1 fully saturated rings. The van der Waals surface area contributed by atoms with Crippen LogP contribution in [-0.4, -0.2) is 23.2 Å². The second-order valence-electron chi connectivity index (χ2n) is 7.48. The average molecular weight is 442 g/mol. The van der Waals surface area contributed by atoms with Gasteiger partial charge in [-0.3, -0.25) is 9.59 Å². The quantitative estimate of drug-likeness (QED) is 0.577. The van der Waals surface area contributed by atoms with Crippen molar-refractivity contribution in [3.8, 4) is 17.2 Å². The second kappa shape index (κ2) is 8.13. The Morgan fingerprint density at radius 1 is 1.27 bits per heavy atom. The Labute approximate surface area is 181 Å². The molecule has 152 valence electrons. The Morgan fingerprint density at radius 2 is 2.07 bits per heavy atom. The third kappa shape index (κ3) is 4.50. The first-order chi connectivity index (χ1) is 14.4. The first kappa shape index (κ1) is 20.5. The van der Waals surface area contributed by atoms with Crippen molar-refractivity contribution in [2.75, 3.05) is 6.54 Å². The Hall–Kier alpha value is -2.82. The molecular weight excluding hydrogens is 425 g/mol. The summed E-state index contributed by atoms with van der Waals surface area (Å²) in [6, 6.07) is 12.0. The summed E-state index contributed by atoms with van der Waals surface area (Å²) in [6.07, 6.45) is 1.70. The Kier molecular flexibility index (Phi) is 5.54. The maximum atomic E-state index is 13.5. The van der Waals surface area contributed by atoms with E-state index >= 15 is 0 Å². The molecule has 0 bridgehead atoms. The van der Waals surface area contributed by atoms with Crippen molar-refractivity contribution >= 4 is 44.8 Å². The number of amides is 1. The Bertz CT molecular complexity index is 1200. The minimum atomic E-state index is -0.509. The van der Waals surface area contributed by atoms with Gasteiger partial charge in [0.15, 0.2) is 5.78 Å². The first-order valence-corrected chi connectivity index (χ1v) is 10.6. The van der Waals surface area contributed by atoms with E-state index in [2.05, 4.69) is 16.4 Å². The molecule has 4 rings (SSSR count). The van der Waals surface area contributed by atoms with E-state index in [9.17, 15) is 14.0 Å². The molecule has 0 radical (unpaired) electrons. The summed E-state index contributed by atoms with van der Waals surface area (Å²) in [5.41, 5.74) is 1.55. The van der Waals surface area contributed by atoms with Crippen molar-refractivity contribution in [2.24, 2.45) is 5.41 Å². The fraction of sp³-hybridized carbons (Fsp3) is 0.273. The highest BCUT2D eigenvalue weighted by Gasteiger charge is 2.44. The van der Waals surface area contributed by atoms with Crippen LogP contribution in [0.5, 0.6) is 0 Å². The SMILES string of the molecule is N#CC1(CC(=O)CNC(=O)Cc2nc3c(Cl)cc(-c4cccc(F)c4)cc3s2)CC1. The number of nitriles is 1. The molecule has 1 aliphatic rings. The van der Waals surface area contributed by atoms with Crippen molar-refractivity contribution in [1.29, 1.82) is 5.26 Å². The molecule has 0 spiro atoms. The zero-order valence-corrected chi connectivity index (χ0v) is 17.4. The highest BCUT2D eigenvalue weighted by molar-refractivity contribution is 7.18. The molecule has 1 aliphatic carbocycles. The standard InChI is InChI=1S/C22H17ClFN3O2S/c23-17-7-14(13-2-1-3-15(24)6-13)8-18-21(17)27-20(30-18)9-19(29)26-11-16(28)10-22(12-25)4-5-22/h1-3,6-8H,4-5,9-11H2,(H,26,29). The van der Waals surface area contributed by atoms with Crippen molar-refractivity contribution in [1.82, 2.24) is 10.3 Å². The summed E-state index contributed by atoms with van der Waals surface area (Å²) in [7, 11) is 0. The second-order valence-corrected chi connectivity index (χ2v) is 9.01. The number of Topliss-reactive ketones (excluding diaryl/α,β-unsaturated/α-hetero) is 1. The Morgan fingerprint density at radius 3 is 2.77 bits per heavy atom. The fourth-order valence-electron chi connectivity index (χ4n) is 3.26. The monoisotopic (exact) mass is 441 g/mol. The summed E-state index contributed by atoms with van der Waals surface area (Å²) >= 11 is 7.70. The number of hydrogen-bond acceptors (Lipinski definition) is 5. The van der Waals surface area contributed by atoms with E-state index in [4.69, 9.17) is 16.9 Å². The van der Waals surface area contributed by atoms with Gasteiger partial charge < -0.3 is 5.32 Å². The minimum absolute atomic E-state index is 0.0294. The zero-order valence-electron chi connectivity index (χ0n) is 15.9. The first-order valence-electron chi connectivity index (χ1n) is 9.42. The van der Waals surface area contributed by atoms with Crippen LogP contribution in [0.4, 0.5) is 4.39 Å². The minimum Gasteiger partial charge on any atom is -0.349 e. The molecule has 1 N–H and O–H groups in total. The van der Waals surface area contributed by atoms with Crippen LogP contribution < -0.4 is 5.32 Å².